The smallest absolute Gasteiger partial charge is 0.244 e. The van der Waals surface area contributed by atoms with Gasteiger partial charge in [0.25, 0.3) is 0 Å². The van der Waals surface area contributed by atoms with Crippen LogP contribution in [-0.2, 0) is 4.79 Å². The standard InChI is InChI=1S/C15H21NO4/c1-3-15(10-17,11-18)16-14(19)9-8-12-6-4-5-7-13(12)20-2/h4-9,17-18H,3,10-11H2,1-2H3,(H,16,19)/b9-8+. The van der Waals surface area contributed by atoms with E-state index in [4.69, 9.17) is 4.74 Å². The van der Waals surface area contributed by atoms with E-state index in [0.717, 1.165) is 5.56 Å². The summed E-state index contributed by atoms with van der Waals surface area (Å²) in [7, 11) is 1.56. The predicted octanol–water partition coefficient (Wildman–Crippen LogP) is 0.958. The fourth-order valence-electron chi connectivity index (χ4n) is 1.71. The largest absolute Gasteiger partial charge is 0.496 e. The zero-order valence-corrected chi connectivity index (χ0v) is 11.8. The first-order chi connectivity index (χ1) is 9.60. The van der Waals surface area contributed by atoms with Crippen molar-refractivity contribution in [3.8, 4) is 5.75 Å². The van der Waals surface area contributed by atoms with E-state index in [0.29, 0.717) is 12.2 Å². The van der Waals surface area contributed by atoms with Gasteiger partial charge in [0, 0.05) is 11.6 Å². The summed E-state index contributed by atoms with van der Waals surface area (Å²) in [6.07, 6.45) is 3.42. The number of hydrogen-bond donors (Lipinski definition) is 3. The first kappa shape index (κ1) is 16.2. The van der Waals surface area contributed by atoms with Crippen LogP contribution in [0, 0.1) is 0 Å². The molecule has 1 rings (SSSR count). The number of nitrogens with one attached hydrogen (secondary N) is 1. The predicted molar refractivity (Wildman–Crippen MR) is 77.4 cm³/mol. The van der Waals surface area contributed by atoms with E-state index in [1.54, 1.807) is 26.2 Å². The summed E-state index contributed by atoms with van der Waals surface area (Å²) in [6, 6.07) is 7.32. The number of hydrogen-bond acceptors (Lipinski definition) is 4. The van der Waals surface area contributed by atoms with Gasteiger partial charge in [0.05, 0.1) is 25.9 Å². The zero-order chi connectivity index (χ0) is 15.0. The van der Waals surface area contributed by atoms with Gasteiger partial charge in [-0.25, -0.2) is 0 Å². The molecular formula is C15H21NO4. The fraction of sp³-hybridized carbons (Fsp3) is 0.400. The van der Waals surface area contributed by atoms with Gasteiger partial charge in [0.15, 0.2) is 0 Å². The van der Waals surface area contributed by atoms with Crippen LogP contribution in [0.5, 0.6) is 5.75 Å². The molecule has 110 valence electrons. The minimum absolute atomic E-state index is 0.311. The number of amides is 1. The Labute approximate surface area is 118 Å². The third-order valence-electron chi connectivity index (χ3n) is 3.22. The van der Waals surface area contributed by atoms with Crippen molar-refractivity contribution in [2.45, 2.75) is 18.9 Å². The van der Waals surface area contributed by atoms with Gasteiger partial charge in [-0.15, -0.1) is 0 Å². The van der Waals surface area contributed by atoms with Gasteiger partial charge >= 0.3 is 0 Å². The van der Waals surface area contributed by atoms with Crippen LogP contribution in [0.15, 0.2) is 30.3 Å². The highest BCUT2D eigenvalue weighted by Crippen LogP contribution is 2.18. The number of ether oxygens (including phenoxy) is 1. The van der Waals surface area contributed by atoms with Crippen LogP contribution >= 0.6 is 0 Å². The number of carbonyl (C=O) groups excluding carboxylic acids is 1. The van der Waals surface area contributed by atoms with Crippen LogP contribution < -0.4 is 10.1 Å². The molecule has 0 saturated heterocycles. The summed E-state index contributed by atoms with van der Waals surface area (Å²) in [5.41, 5.74) is -0.206. The van der Waals surface area contributed by atoms with E-state index in [2.05, 4.69) is 5.32 Å². The summed E-state index contributed by atoms with van der Waals surface area (Å²) >= 11 is 0. The quantitative estimate of drug-likeness (QED) is 0.650. The van der Waals surface area contributed by atoms with Crippen LogP contribution in [0.2, 0.25) is 0 Å². The molecule has 0 aliphatic carbocycles. The van der Waals surface area contributed by atoms with Crippen molar-refractivity contribution in [3.63, 3.8) is 0 Å². The van der Waals surface area contributed by atoms with Crippen LogP contribution in [0.1, 0.15) is 18.9 Å². The summed E-state index contributed by atoms with van der Waals surface area (Å²) in [5, 5.41) is 21.2. The number of aliphatic hydroxyl groups excluding tert-OH is 2. The topological polar surface area (TPSA) is 78.8 Å². The molecule has 1 amide bonds. The lowest BCUT2D eigenvalue weighted by Gasteiger charge is -2.29. The van der Waals surface area contributed by atoms with E-state index in [-0.39, 0.29) is 19.1 Å². The van der Waals surface area contributed by atoms with Crippen molar-refractivity contribution in [2.24, 2.45) is 0 Å². The number of rotatable bonds is 7. The van der Waals surface area contributed by atoms with E-state index in [1.807, 2.05) is 18.2 Å². The lowest BCUT2D eigenvalue weighted by Crippen LogP contribution is -2.53. The summed E-state index contributed by atoms with van der Waals surface area (Å²) < 4.78 is 5.18. The van der Waals surface area contributed by atoms with Gasteiger partial charge in [-0.3, -0.25) is 4.79 Å². The van der Waals surface area contributed by atoms with Gasteiger partial charge in [-0.1, -0.05) is 25.1 Å². The Kier molecular flexibility index (Phi) is 6.21. The molecular weight excluding hydrogens is 258 g/mol. The lowest BCUT2D eigenvalue weighted by molar-refractivity contribution is -0.119. The highest BCUT2D eigenvalue weighted by Gasteiger charge is 2.27. The van der Waals surface area contributed by atoms with Crippen molar-refractivity contribution in [1.29, 1.82) is 0 Å². The molecule has 0 bridgehead atoms. The maximum Gasteiger partial charge on any atom is 0.244 e. The third-order valence-corrected chi connectivity index (χ3v) is 3.22. The van der Waals surface area contributed by atoms with E-state index in [1.165, 1.54) is 6.08 Å². The molecule has 1 aromatic carbocycles. The molecule has 5 heteroatoms. The molecule has 1 aromatic rings. The van der Waals surface area contributed by atoms with Crippen molar-refractivity contribution in [3.05, 3.63) is 35.9 Å². The van der Waals surface area contributed by atoms with Crippen molar-refractivity contribution in [2.75, 3.05) is 20.3 Å². The van der Waals surface area contributed by atoms with Crippen molar-refractivity contribution >= 4 is 12.0 Å². The number of benzene rings is 1. The fourth-order valence-corrected chi connectivity index (χ4v) is 1.71. The van der Waals surface area contributed by atoms with E-state index < -0.39 is 5.54 Å². The van der Waals surface area contributed by atoms with E-state index >= 15 is 0 Å². The molecule has 0 radical (unpaired) electrons. The molecule has 0 fully saturated rings. The van der Waals surface area contributed by atoms with Crippen molar-refractivity contribution < 1.29 is 19.7 Å². The molecule has 5 nitrogen and oxygen atoms in total. The molecule has 0 aliphatic rings. The van der Waals surface area contributed by atoms with Gasteiger partial charge in [-0.2, -0.15) is 0 Å². The van der Waals surface area contributed by atoms with Gasteiger partial charge in [0.2, 0.25) is 5.91 Å². The summed E-state index contributed by atoms with van der Waals surface area (Å²) in [6.45, 7) is 1.17. The Bertz CT molecular complexity index is 458. The average Bonchev–Trinajstić information content (AvgIpc) is 2.51. The molecule has 0 aromatic heterocycles. The summed E-state index contributed by atoms with van der Waals surface area (Å²) in [4.78, 5) is 11.8. The monoisotopic (exact) mass is 279 g/mol. The average molecular weight is 279 g/mol. The third kappa shape index (κ3) is 4.08. The van der Waals surface area contributed by atoms with E-state index in [9.17, 15) is 15.0 Å². The number of para-hydroxylation sites is 1. The van der Waals surface area contributed by atoms with Crippen LogP contribution in [0.4, 0.5) is 0 Å². The first-order valence-corrected chi connectivity index (χ1v) is 6.45. The maximum atomic E-state index is 11.8. The minimum Gasteiger partial charge on any atom is -0.496 e. The Morgan fingerprint density at radius 3 is 2.55 bits per heavy atom. The lowest BCUT2D eigenvalue weighted by atomic mass is 9.98. The zero-order valence-electron chi connectivity index (χ0n) is 11.8. The Morgan fingerprint density at radius 1 is 1.35 bits per heavy atom. The molecule has 0 atom stereocenters. The second-order valence-electron chi connectivity index (χ2n) is 4.51. The SMILES string of the molecule is CCC(CO)(CO)NC(=O)/C=C/c1ccccc1OC. The van der Waals surface area contributed by atoms with Gasteiger partial charge < -0.3 is 20.3 Å². The van der Waals surface area contributed by atoms with Crippen LogP contribution in [0.25, 0.3) is 6.08 Å². The van der Waals surface area contributed by atoms with Crippen LogP contribution in [-0.4, -0.2) is 42.0 Å². The second-order valence-corrected chi connectivity index (χ2v) is 4.51. The first-order valence-electron chi connectivity index (χ1n) is 6.45. The number of carbonyl (C=O) groups is 1. The normalized spacial score (nSPS) is 11.6. The highest BCUT2D eigenvalue weighted by atomic mass is 16.5. The Hall–Kier alpha value is -1.85. The minimum atomic E-state index is -0.984. The molecule has 0 heterocycles. The number of methoxy groups -OCH3 is 1. The molecule has 0 saturated carbocycles. The Balaban J connectivity index is 2.77. The highest BCUT2D eigenvalue weighted by molar-refractivity contribution is 5.92. The molecule has 20 heavy (non-hydrogen) atoms. The molecule has 0 spiro atoms. The summed E-state index contributed by atoms with van der Waals surface area (Å²) in [5.74, 6) is 0.295. The second kappa shape index (κ2) is 7.67. The van der Waals surface area contributed by atoms with Crippen molar-refractivity contribution in [1.82, 2.24) is 5.32 Å². The number of aliphatic hydroxyl groups is 2. The molecule has 0 aliphatic heterocycles. The molecule has 3 N–H and O–H groups in total. The maximum absolute atomic E-state index is 11.8. The Morgan fingerprint density at radius 2 is 2.00 bits per heavy atom. The van der Waals surface area contributed by atoms with Gasteiger partial charge in [-0.05, 0) is 18.6 Å². The van der Waals surface area contributed by atoms with Gasteiger partial charge in [0.1, 0.15) is 5.75 Å². The van der Waals surface area contributed by atoms with Crippen LogP contribution in [0.3, 0.4) is 0 Å². The molecule has 0 unspecified atom stereocenters.